The standard InChI is InChI=1S/C23H26BF3O3/c1-15-17(7-6-8-20(15)24-29-21(2,3)22(4,5)30-24)10-11-18-13-16(14-28)9-12-19(18)23(25,26)27/h6-9,12-14H,10-11H2,1-5H3. The van der Waals surface area contributed by atoms with Crippen molar-refractivity contribution in [2.24, 2.45) is 0 Å². The average molecular weight is 418 g/mol. The van der Waals surface area contributed by atoms with Crippen LogP contribution in [-0.2, 0) is 28.3 Å². The molecule has 3 nitrogen and oxygen atoms in total. The Morgan fingerprint density at radius 1 is 0.967 bits per heavy atom. The summed E-state index contributed by atoms with van der Waals surface area (Å²) >= 11 is 0. The lowest BCUT2D eigenvalue weighted by molar-refractivity contribution is -0.138. The molecule has 0 bridgehead atoms. The number of carbonyl (C=O) groups is 1. The van der Waals surface area contributed by atoms with Gasteiger partial charge in [0.05, 0.1) is 16.8 Å². The molecule has 0 unspecified atom stereocenters. The quantitative estimate of drug-likeness (QED) is 0.511. The summed E-state index contributed by atoms with van der Waals surface area (Å²) in [4.78, 5) is 11.0. The lowest BCUT2D eigenvalue weighted by atomic mass is 9.74. The third-order valence-electron chi connectivity index (χ3n) is 6.23. The van der Waals surface area contributed by atoms with Gasteiger partial charge >= 0.3 is 13.3 Å². The van der Waals surface area contributed by atoms with Crippen LogP contribution in [0.2, 0.25) is 0 Å². The van der Waals surface area contributed by atoms with Gasteiger partial charge in [-0.15, -0.1) is 0 Å². The molecule has 2 aromatic carbocycles. The van der Waals surface area contributed by atoms with Crippen LogP contribution in [0.5, 0.6) is 0 Å². The maximum atomic E-state index is 13.4. The zero-order chi connectivity index (χ0) is 22.3. The van der Waals surface area contributed by atoms with Crippen LogP contribution in [-0.4, -0.2) is 24.6 Å². The highest BCUT2D eigenvalue weighted by Gasteiger charge is 2.52. The number of halogens is 3. The third kappa shape index (κ3) is 4.32. The number of hydrogen-bond donors (Lipinski definition) is 0. The van der Waals surface area contributed by atoms with E-state index in [1.807, 2.05) is 52.8 Å². The normalized spacial score (nSPS) is 17.9. The fourth-order valence-electron chi connectivity index (χ4n) is 3.64. The maximum absolute atomic E-state index is 13.4. The molecule has 160 valence electrons. The van der Waals surface area contributed by atoms with Crippen molar-refractivity contribution in [2.75, 3.05) is 0 Å². The molecule has 1 aliphatic rings. The second kappa shape index (κ2) is 7.86. The Morgan fingerprint density at radius 3 is 2.13 bits per heavy atom. The van der Waals surface area contributed by atoms with E-state index in [2.05, 4.69) is 0 Å². The van der Waals surface area contributed by atoms with E-state index in [0.29, 0.717) is 12.7 Å². The number of benzene rings is 2. The predicted molar refractivity (Wildman–Crippen MR) is 111 cm³/mol. The lowest BCUT2D eigenvalue weighted by Crippen LogP contribution is -2.41. The van der Waals surface area contributed by atoms with Gasteiger partial charge in [0.1, 0.15) is 6.29 Å². The Hall–Kier alpha value is -2.12. The SMILES string of the molecule is Cc1c(CCc2cc(C=O)ccc2C(F)(F)F)cccc1B1OC(C)(C)C(C)(C)O1. The van der Waals surface area contributed by atoms with E-state index in [1.165, 1.54) is 12.1 Å². The van der Waals surface area contributed by atoms with E-state index in [9.17, 15) is 18.0 Å². The molecule has 0 amide bonds. The van der Waals surface area contributed by atoms with E-state index in [1.54, 1.807) is 0 Å². The third-order valence-corrected chi connectivity index (χ3v) is 6.23. The van der Waals surface area contributed by atoms with E-state index < -0.39 is 30.1 Å². The highest BCUT2D eigenvalue weighted by atomic mass is 19.4. The summed E-state index contributed by atoms with van der Waals surface area (Å²) in [6, 6.07) is 9.20. The zero-order valence-electron chi connectivity index (χ0n) is 17.9. The largest absolute Gasteiger partial charge is 0.495 e. The first-order valence-electron chi connectivity index (χ1n) is 9.95. The second-order valence-electron chi connectivity index (χ2n) is 8.75. The van der Waals surface area contributed by atoms with Crippen LogP contribution in [0, 0.1) is 6.92 Å². The van der Waals surface area contributed by atoms with Crippen molar-refractivity contribution in [1.29, 1.82) is 0 Å². The van der Waals surface area contributed by atoms with Crippen molar-refractivity contribution >= 4 is 18.9 Å². The molecule has 0 aromatic heterocycles. The molecular formula is C23H26BF3O3. The number of aryl methyl sites for hydroxylation is 2. The van der Waals surface area contributed by atoms with Gasteiger partial charge in [-0.3, -0.25) is 4.79 Å². The molecule has 1 saturated heterocycles. The van der Waals surface area contributed by atoms with E-state index in [-0.39, 0.29) is 17.5 Å². The van der Waals surface area contributed by atoms with E-state index in [0.717, 1.165) is 22.7 Å². The van der Waals surface area contributed by atoms with Gasteiger partial charge in [0.25, 0.3) is 0 Å². The Bertz CT molecular complexity index is 935. The molecule has 30 heavy (non-hydrogen) atoms. The average Bonchev–Trinajstić information content (AvgIpc) is 2.87. The molecule has 0 aliphatic carbocycles. The monoisotopic (exact) mass is 418 g/mol. The highest BCUT2D eigenvalue weighted by Crippen LogP contribution is 2.37. The number of hydrogen-bond acceptors (Lipinski definition) is 3. The zero-order valence-corrected chi connectivity index (χ0v) is 17.9. The molecule has 0 radical (unpaired) electrons. The molecule has 0 N–H and O–H groups in total. The summed E-state index contributed by atoms with van der Waals surface area (Å²) in [5, 5.41) is 0. The number of alkyl halides is 3. The van der Waals surface area contributed by atoms with Gasteiger partial charge in [-0.1, -0.05) is 24.3 Å². The first-order valence-corrected chi connectivity index (χ1v) is 9.95. The minimum Gasteiger partial charge on any atom is -0.399 e. The minimum atomic E-state index is -4.46. The summed E-state index contributed by atoms with van der Waals surface area (Å²) in [6.07, 6.45) is -3.32. The Balaban J connectivity index is 1.87. The van der Waals surface area contributed by atoms with E-state index in [4.69, 9.17) is 9.31 Å². The van der Waals surface area contributed by atoms with Crippen LogP contribution >= 0.6 is 0 Å². The summed E-state index contributed by atoms with van der Waals surface area (Å²) < 4.78 is 52.4. The molecule has 3 rings (SSSR count). The molecule has 0 atom stereocenters. The number of carbonyl (C=O) groups excluding carboxylic acids is 1. The molecule has 0 saturated carbocycles. The fourth-order valence-corrected chi connectivity index (χ4v) is 3.64. The summed E-state index contributed by atoms with van der Waals surface area (Å²) in [5.41, 5.74) is 1.45. The van der Waals surface area contributed by atoms with Gasteiger partial charge < -0.3 is 9.31 Å². The summed E-state index contributed by atoms with van der Waals surface area (Å²) in [5.74, 6) is 0. The van der Waals surface area contributed by atoms with Crippen molar-refractivity contribution in [2.45, 2.75) is 64.8 Å². The lowest BCUT2D eigenvalue weighted by Gasteiger charge is -2.32. The topological polar surface area (TPSA) is 35.5 Å². The highest BCUT2D eigenvalue weighted by molar-refractivity contribution is 6.62. The van der Waals surface area contributed by atoms with Crippen LogP contribution in [0.3, 0.4) is 0 Å². The Morgan fingerprint density at radius 2 is 1.57 bits per heavy atom. The van der Waals surface area contributed by atoms with Crippen molar-refractivity contribution in [3.8, 4) is 0 Å². The number of rotatable bonds is 5. The molecule has 0 spiro atoms. The molecule has 1 heterocycles. The van der Waals surface area contributed by atoms with Crippen LogP contribution < -0.4 is 5.46 Å². The van der Waals surface area contributed by atoms with Gasteiger partial charge in [-0.2, -0.15) is 13.2 Å². The van der Waals surface area contributed by atoms with Gasteiger partial charge in [0.2, 0.25) is 0 Å². The predicted octanol–water partition coefficient (Wildman–Crippen LogP) is 4.91. The number of aldehydes is 1. The van der Waals surface area contributed by atoms with Gasteiger partial charge in [-0.05, 0) is 81.7 Å². The van der Waals surface area contributed by atoms with Crippen LogP contribution in [0.25, 0.3) is 0 Å². The summed E-state index contributed by atoms with van der Waals surface area (Å²) in [6.45, 7) is 9.84. The molecule has 1 fully saturated rings. The van der Waals surface area contributed by atoms with Crippen LogP contribution in [0.1, 0.15) is 60.3 Å². The van der Waals surface area contributed by atoms with Crippen molar-refractivity contribution < 1.29 is 27.3 Å². The second-order valence-corrected chi connectivity index (χ2v) is 8.75. The molecule has 1 aliphatic heterocycles. The summed E-state index contributed by atoms with van der Waals surface area (Å²) in [7, 11) is -0.529. The van der Waals surface area contributed by atoms with Crippen LogP contribution in [0.4, 0.5) is 13.2 Å². The van der Waals surface area contributed by atoms with Gasteiger partial charge in [0, 0.05) is 5.56 Å². The van der Waals surface area contributed by atoms with Crippen molar-refractivity contribution in [3.63, 3.8) is 0 Å². The smallest absolute Gasteiger partial charge is 0.399 e. The Labute approximate surface area is 175 Å². The van der Waals surface area contributed by atoms with Gasteiger partial charge in [-0.25, -0.2) is 0 Å². The van der Waals surface area contributed by atoms with Crippen molar-refractivity contribution in [1.82, 2.24) is 0 Å². The minimum absolute atomic E-state index is 0.118. The maximum Gasteiger partial charge on any atom is 0.495 e. The molecule has 7 heteroatoms. The first-order chi connectivity index (χ1) is 13.9. The Kier molecular flexibility index (Phi) is 5.91. The first kappa shape index (κ1) is 22.6. The van der Waals surface area contributed by atoms with Crippen molar-refractivity contribution in [3.05, 3.63) is 64.2 Å². The van der Waals surface area contributed by atoms with Crippen LogP contribution in [0.15, 0.2) is 36.4 Å². The van der Waals surface area contributed by atoms with E-state index >= 15 is 0 Å². The van der Waals surface area contributed by atoms with Gasteiger partial charge in [0.15, 0.2) is 0 Å². The molecule has 2 aromatic rings. The molecular weight excluding hydrogens is 392 g/mol. The fraction of sp³-hybridized carbons (Fsp3) is 0.435.